The molecule has 0 saturated heterocycles. The summed E-state index contributed by atoms with van der Waals surface area (Å²) in [6, 6.07) is 1.32. The molecule has 0 N–H and O–H groups in total. The van der Waals surface area contributed by atoms with Crippen LogP contribution in [0.25, 0.3) is 0 Å². The van der Waals surface area contributed by atoms with E-state index in [1.807, 2.05) is 7.11 Å². The van der Waals surface area contributed by atoms with Gasteiger partial charge in [0.25, 0.3) is 0 Å². The molecule has 0 spiro atoms. The molecule has 0 bridgehead atoms. The van der Waals surface area contributed by atoms with Gasteiger partial charge in [0, 0.05) is 12.7 Å². The Labute approximate surface area is 195 Å². The van der Waals surface area contributed by atoms with Gasteiger partial charge in [0.1, 0.15) is 0 Å². The van der Waals surface area contributed by atoms with Crippen LogP contribution in [0, 0.1) is 0 Å². The first-order chi connectivity index (χ1) is 14.9. The lowest BCUT2D eigenvalue weighted by Crippen LogP contribution is -2.27. The van der Waals surface area contributed by atoms with Gasteiger partial charge in [-0.05, 0) is 32.5 Å². The molecule has 0 aliphatic carbocycles. The summed E-state index contributed by atoms with van der Waals surface area (Å²) in [7, 11) is 0.567. The van der Waals surface area contributed by atoms with Crippen molar-refractivity contribution in [2.75, 3.05) is 13.7 Å². The van der Waals surface area contributed by atoms with Crippen molar-refractivity contribution in [2.45, 2.75) is 142 Å². The van der Waals surface area contributed by atoms with Crippen molar-refractivity contribution in [1.29, 1.82) is 0 Å². The van der Waals surface area contributed by atoms with Crippen molar-refractivity contribution in [2.24, 2.45) is 0 Å². The van der Waals surface area contributed by atoms with Crippen LogP contribution in [-0.4, -0.2) is 28.0 Å². The molecule has 0 unspecified atom stereocenters. The fourth-order valence-electron chi connectivity index (χ4n) is 3.87. The van der Waals surface area contributed by atoms with Crippen molar-refractivity contribution in [1.82, 2.24) is 0 Å². The molecule has 0 amide bonds. The molecule has 0 aromatic carbocycles. The highest BCUT2D eigenvalue weighted by Crippen LogP contribution is 2.17. The molecule has 0 rings (SSSR count). The van der Waals surface area contributed by atoms with E-state index in [0.29, 0.717) is 12.2 Å². The normalized spacial score (nSPS) is 11.6. The monoisotopic (exact) mass is 454 g/mol. The van der Waals surface area contributed by atoms with Crippen molar-refractivity contribution in [3.8, 4) is 0 Å². The molecule has 0 aliphatic rings. The van der Waals surface area contributed by atoms with Gasteiger partial charge in [0.2, 0.25) is 0 Å². The molecule has 0 fully saturated rings. The maximum Gasteiger partial charge on any atom is 0.333 e. The van der Waals surface area contributed by atoms with Crippen LogP contribution in [0.4, 0.5) is 0 Å². The van der Waals surface area contributed by atoms with Crippen LogP contribution in [0.2, 0.25) is 19.1 Å². The maximum absolute atomic E-state index is 11.2. The lowest BCUT2D eigenvalue weighted by atomic mass is 10.0. The Kier molecular flexibility index (Phi) is 20.8. The molecule has 0 aromatic heterocycles. The Bertz CT molecular complexity index is 434. The number of rotatable bonds is 23. The summed E-state index contributed by atoms with van der Waals surface area (Å²) < 4.78 is 10.7. The molecule has 3 nitrogen and oxygen atoms in total. The van der Waals surface area contributed by atoms with Gasteiger partial charge in [-0.1, -0.05) is 116 Å². The van der Waals surface area contributed by atoms with E-state index >= 15 is 0 Å². The van der Waals surface area contributed by atoms with Crippen LogP contribution < -0.4 is 0 Å². The van der Waals surface area contributed by atoms with Gasteiger partial charge < -0.3 is 9.16 Å². The second kappa shape index (κ2) is 21.2. The van der Waals surface area contributed by atoms with Crippen molar-refractivity contribution >= 4 is 14.3 Å². The van der Waals surface area contributed by atoms with E-state index < -0.39 is 8.32 Å². The van der Waals surface area contributed by atoms with Gasteiger partial charge in [-0.2, -0.15) is 0 Å². The minimum atomic E-state index is -1.31. The number of carbonyl (C=O) groups is 1. The quantitative estimate of drug-likeness (QED) is 0.0668. The highest BCUT2D eigenvalue weighted by molar-refractivity contribution is 6.71. The first-order valence-corrected chi connectivity index (χ1v) is 16.4. The Morgan fingerprint density at radius 2 is 0.968 bits per heavy atom. The van der Waals surface area contributed by atoms with E-state index in [1.54, 1.807) is 6.92 Å². The number of carbonyl (C=O) groups excluding carboxylic acids is 1. The summed E-state index contributed by atoms with van der Waals surface area (Å²) in [5.74, 6) is -0.255. The van der Waals surface area contributed by atoms with E-state index in [2.05, 4.69) is 19.7 Å². The molecular formula is C27H54O3Si. The van der Waals surface area contributed by atoms with Gasteiger partial charge >= 0.3 is 5.97 Å². The van der Waals surface area contributed by atoms with Gasteiger partial charge in [-0.25, -0.2) is 4.79 Å². The summed E-state index contributed by atoms with van der Waals surface area (Å²) in [6.45, 7) is 10.5. The molecule has 4 heteroatoms. The molecule has 184 valence electrons. The van der Waals surface area contributed by atoms with E-state index in [1.165, 1.54) is 109 Å². The molecule has 0 radical (unpaired) electrons. The predicted molar refractivity (Wildman–Crippen MR) is 138 cm³/mol. The fraction of sp³-hybridized carbons (Fsp3) is 0.889. The Hall–Kier alpha value is -0.613. The second-order valence-electron chi connectivity index (χ2n) is 9.99. The van der Waals surface area contributed by atoms with E-state index in [4.69, 9.17) is 9.16 Å². The van der Waals surface area contributed by atoms with Crippen LogP contribution in [0.3, 0.4) is 0 Å². The minimum Gasteiger partial charge on any atom is -0.462 e. The largest absolute Gasteiger partial charge is 0.462 e. The van der Waals surface area contributed by atoms with Crippen LogP contribution >= 0.6 is 0 Å². The standard InChI is InChI=1S/C27H54O3Si/c1-26(2)27(28)30-24-22-20-18-16-14-12-10-8-6-7-9-11-13-15-17-19-21-23-25-31(4,5)29-3/h1,6-25H2,2-5H3. The van der Waals surface area contributed by atoms with Crippen molar-refractivity contribution in [3.63, 3.8) is 0 Å². The molecule has 0 heterocycles. The first kappa shape index (κ1) is 30.4. The van der Waals surface area contributed by atoms with E-state index in [0.717, 1.165) is 12.8 Å². The summed E-state index contributed by atoms with van der Waals surface area (Å²) in [6.07, 6.45) is 24.5. The smallest absolute Gasteiger partial charge is 0.333 e. The lowest BCUT2D eigenvalue weighted by molar-refractivity contribution is -0.139. The lowest BCUT2D eigenvalue weighted by Gasteiger charge is -2.19. The molecule has 0 aliphatic heterocycles. The minimum absolute atomic E-state index is 0.255. The number of hydrogen-bond donors (Lipinski definition) is 0. The van der Waals surface area contributed by atoms with Crippen LogP contribution in [0.15, 0.2) is 12.2 Å². The summed E-state index contributed by atoms with van der Waals surface area (Å²) >= 11 is 0. The van der Waals surface area contributed by atoms with Crippen LogP contribution in [0.1, 0.15) is 122 Å². The zero-order valence-electron chi connectivity index (χ0n) is 21.6. The van der Waals surface area contributed by atoms with Crippen LogP contribution in [0.5, 0.6) is 0 Å². The van der Waals surface area contributed by atoms with Crippen LogP contribution in [-0.2, 0) is 14.0 Å². The number of esters is 1. The zero-order valence-corrected chi connectivity index (χ0v) is 22.6. The average molecular weight is 455 g/mol. The molecule has 0 atom stereocenters. The van der Waals surface area contributed by atoms with Gasteiger partial charge in [0.15, 0.2) is 8.32 Å². The number of unbranched alkanes of at least 4 members (excludes halogenated alkanes) is 17. The molecule has 0 aromatic rings. The summed E-state index contributed by atoms with van der Waals surface area (Å²) in [5, 5.41) is 0. The third kappa shape index (κ3) is 22.4. The van der Waals surface area contributed by atoms with Gasteiger partial charge in [-0.3, -0.25) is 0 Å². The van der Waals surface area contributed by atoms with Gasteiger partial charge in [0.05, 0.1) is 6.61 Å². The van der Waals surface area contributed by atoms with Crippen molar-refractivity contribution < 1.29 is 14.0 Å². The SMILES string of the molecule is C=C(C)C(=O)OCCCCCCCCCCCCCCCCCCCC[Si](C)(C)OC. The molecule has 31 heavy (non-hydrogen) atoms. The highest BCUT2D eigenvalue weighted by Gasteiger charge is 2.19. The van der Waals surface area contributed by atoms with E-state index in [9.17, 15) is 4.79 Å². The predicted octanol–water partition coefficient (Wildman–Crippen LogP) is 8.98. The number of ether oxygens (including phenoxy) is 1. The maximum atomic E-state index is 11.2. The number of hydrogen-bond acceptors (Lipinski definition) is 3. The van der Waals surface area contributed by atoms with Crippen molar-refractivity contribution in [3.05, 3.63) is 12.2 Å². The zero-order chi connectivity index (χ0) is 23.2. The fourth-order valence-corrected chi connectivity index (χ4v) is 5.18. The molecule has 0 saturated carbocycles. The Balaban J connectivity index is 3.13. The second-order valence-corrected chi connectivity index (χ2v) is 14.4. The Morgan fingerprint density at radius 1 is 0.645 bits per heavy atom. The third-order valence-corrected chi connectivity index (χ3v) is 8.97. The Morgan fingerprint density at radius 3 is 1.29 bits per heavy atom. The first-order valence-electron chi connectivity index (χ1n) is 13.3. The molecular weight excluding hydrogens is 400 g/mol. The summed E-state index contributed by atoms with van der Waals surface area (Å²) in [5.41, 5.74) is 0.491. The summed E-state index contributed by atoms with van der Waals surface area (Å²) in [4.78, 5) is 11.2. The topological polar surface area (TPSA) is 35.5 Å². The highest BCUT2D eigenvalue weighted by atomic mass is 28.4. The average Bonchev–Trinajstić information content (AvgIpc) is 2.74. The third-order valence-electron chi connectivity index (χ3n) is 6.31. The van der Waals surface area contributed by atoms with Gasteiger partial charge in [-0.15, -0.1) is 0 Å². The van der Waals surface area contributed by atoms with E-state index in [-0.39, 0.29) is 5.97 Å².